The first-order chi connectivity index (χ1) is 15.5. The number of rotatable bonds is 9. The molecule has 0 unspecified atom stereocenters. The van der Waals surface area contributed by atoms with Crippen molar-refractivity contribution < 1.29 is 0 Å². The first kappa shape index (κ1) is 22.7. The lowest BCUT2D eigenvalue weighted by Gasteiger charge is -2.12. The van der Waals surface area contributed by atoms with Gasteiger partial charge < -0.3 is 10.4 Å². The molecule has 1 N–H and O–H groups in total. The van der Waals surface area contributed by atoms with Crippen LogP contribution in [-0.4, -0.2) is 52.5 Å². The molecule has 0 radical (unpaired) electrons. The van der Waals surface area contributed by atoms with Crippen molar-refractivity contribution in [2.75, 3.05) is 14.1 Å². The molecule has 0 fully saturated rings. The van der Waals surface area contributed by atoms with Gasteiger partial charge in [-0.05, 0) is 36.1 Å². The van der Waals surface area contributed by atoms with Crippen LogP contribution in [0.4, 0.5) is 0 Å². The zero-order valence-corrected chi connectivity index (χ0v) is 18.3. The Hall–Kier alpha value is -3.94. The summed E-state index contributed by atoms with van der Waals surface area (Å²) in [5, 5.41) is 18.0. The highest BCUT2D eigenvalue weighted by molar-refractivity contribution is 6.08. The molecule has 0 amide bonds. The number of pyridine rings is 1. The first-order valence-electron chi connectivity index (χ1n) is 10.4. The molecule has 0 bridgehead atoms. The fraction of sp³-hybridized carbons (Fsp3) is 0.250. The number of aromatic nitrogens is 3. The lowest BCUT2D eigenvalue weighted by molar-refractivity contribution is 0.437. The molecule has 0 aromatic carbocycles. The third-order valence-electron chi connectivity index (χ3n) is 4.73. The second-order valence-corrected chi connectivity index (χ2v) is 7.46. The van der Waals surface area contributed by atoms with E-state index in [0.29, 0.717) is 24.2 Å². The Kier molecular flexibility index (Phi) is 8.14. The molecule has 2 aromatic heterocycles. The van der Waals surface area contributed by atoms with Crippen LogP contribution in [0.1, 0.15) is 24.1 Å². The highest BCUT2D eigenvalue weighted by Crippen LogP contribution is 2.19. The van der Waals surface area contributed by atoms with Crippen molar-refractivity contribution in [3.8, 4) is 0 Å². The minimum Gasteiger partial charge on any atom is -0.308 e. The van der Waals surface area contributed by atoms with E-state index in [0.717, 1.165) is 29.6 Å². The average Bonchev–Trinajstić information content (AvgIpc) is 2.79. The maximum atomic E-state index is 12.3. The van der Waals surface area contributed by atoms with Gasteiger partial charge in [0.05, 0.1) is 6.54 Å². The van der Waals surface area contributed by atoms with Crippen molar-refractivity contribution in [1.82, 2.24) is 19.8 Å². The topological polar surface area (TPSA) is 99.6 Å². The molecule has 8 heteroatoms. The zero-order chi connectivity index (χ0) is 22.8. The summed E-state index contributed by atoms with van der Waals surface area (Å²) in [6, 6.07) is 5.24. The van der Waals surface area contributed by atoms with Crippen molar-refractivity contribution in [3.05, 3.63) is 87.8 Å². The molecule has 0 saturated heterocycles. The number of hydrazone groups is 1. The van der Waals surface area contributed by atoms with Crippen LogP contribution in [-0.2, 0) is 13.0 Å². The summed E-state index contributed by atoms with van der Waals surface area (Å²) in [4.78, 5) is 20.7. The predicted molar refractivity (Wildman–Crippen MR) is 129 cm³/mol. The molecule has 2 aromatic rings. The van der Waals surface area contributed by atoms with Crippen LogP contribution in [0.3, 0.4) is 0 Å². The molecular formula is C24H27N7O. The monoisotopic (exact) mass is 429 g/mol. The maximum Gasteiger partial charge on any atom is 0.203 e. The Labute approximate surface area is 187 Å². The van der Waals surface area contributed by atoms with Gasteiger partial charge in [0, 0.05) is 75.6 Å². The number of aliphatic imine (C=N–C) groups is 1. The van der Waals surface area contributed by atoms with Gasteiger partial charge >= 0.3 is 0 Å². The number of hydrogen-bond acceptors (Lipinski definition) is 7. The number of hydrogen-bond donors (Lipinski definition) is 1. The van der Waals surface area contributed by atoms with Crippen molar-refractivity contribution in [2.45, 2.75) is 25.8 Å². The summed E-state index contributed by atoms with van der Waals surface area (Å²) in [5.41, 5.74) is 4.19. The first-order valence-corrected chi connectivity index (χ1v) is 10.4. The molecule has 2 heterocycles. The number of nitrogens with zero attached hydrogens (tertiary/aromatic N) is 6. The maximum absolute atomic E-state index is 12.3. The Morgan fingerprint density at radius 2 is 2.09 bits per heavy atom. The third kappa shape index (κ3) is 6.80. The standard InChI is InChI=1S/C24H27N7O/c1-30(2)28-11-13-31-12-8-24(32)23(29-31)15-19-4-3-5-20(14-19)17-27-18-22(16-25)21-6-9-26-10-7-21/h5-12,14,16-18,25H,3-4,13,15H2,1-2H3/b22-18+,25-16?,27-17?,28-11-. The van der Waals surface area contributed by atoms with E-state index < -0.39 is 0 Å². The van der Waals surface area contributed by atoms with E-state index in [2.05, 4.69) is 32.3 Å². The largest absolute Gasteiger partial charge is 0.308 e. The Morgan fingerprint density at radius 1 is 1.28 bits per heavy atom. The average molecular weight is 430 g/mol. The molecule has 8 nitrogen and oxygen atoms in total. The summed E-state index contributed by atoms with van der Waals surface area (Å²) in [5.74, 6) is 0. The highest BCUT2D eigenvalue weighted by Gasteiger charge is 2.10. The Morgan fingerprint density at radius 3 is 2.84 bits per heavy atom. The van der Waals surface area contributed by atoms with E-state index >= 15 is 0 Å². The van der Waals surface area contributed by atoms with Gasteiger partial charge in [-0.3, -0.25) is 19.5 Å². The summed E-state index contributed by atoms with van der Waals surface area (Å²) in [6.45, 7) is 0.501. The van der Waals surface area contributed by atoms with E-state index in [-0.39, 0.29) is 5.43 Å². The normalized spacial score (nSPS) is 14.5. The van der Waals surface area contributed by atoms with Crippen LogP contribution < -0.4 is 5.43 Å². The minimum absolute atomic E-state index is 0.0626. The molecule has 0 saturated carbocycles. The predicted octanol–water partition coefficient (Wildman–Crippen LogP) is 3.14. The second kappa shape index (κ2) is 11.5. The van der Waals surface area contributed by atoms with E-state index in [9.17, 15) is 4.79 Å². The SMILES string of the molecule is CN(C)/N=C\Cn1ccc(=O)c(CC2=CC(C=N/C=C(\C=N)c3ccncc3)=CCC2)n1. The molecule has 0 atom stereocenters. The summed E-state index contributed by atoms with van der Waals surface area (Å²) >= 11 is 0. The third-order valence-corrected chi connectivity index (χ3v) is 4.73. The smallest absolute Gasteiger partial charge is 0.203 e. The van der Waals surface area contributed by atoms with Crippen LogP contribution in [0.15, 0.2) is 81.2 Å². The quantitative estimate of drug-likeness (QED) is 0.489. The highest BCUT2D eigenvalue weighted by atomic mass is 16.1. The lowest BCUT2D eigenvalue weighted by atomic mass is 9.96. The fourth-order valence-electron chi connectivity index (χ4n) is 3.17. The molecule has 0 aliphatic heterocycles. The van der Waals surface area contributed by atoms with E-state index in [1.54, 1.807) is 53.0 Å². The van der Waals surface area contributed by atoms with E-state index in [4.69, 9.17) is 5.41 Å². The molecule has 164 valence electrons. The summed E-state index contributed by atoms with van der Waals surface area (Å²) < 4.78 is 1.72. The van der Waals surface area contributed by atoms with Gasteiger partial charge in [-0.2, -0.15) is 10.2 Å². The van der Waals surface area contributed by atoms with Crippen LogP contribution in [0.2, 0.25) is 0 Å². The van der Waals surface area contributed by atoms with Gasteiger partial charge in [-0.15, -0.1) is 0 Å². The number of nitrogens with one attached hydrogen (secondary N) is 1. The van der Waals surface area contributed by atoms with Gasteiger partial charge in [0.25, 0.3) is 0 Å². The second-order valence-electron chi connectivity index (χ2n) is 7.46. The van der Waals surface area contributed by atoms with Gasteiger partial charge in [-0.1, -0.05) is 17.7 Å². The molecular weight excluding hydrogens is 402 g/mol. The summed E-state index contributed by atoms with van der Waals surface area (Å²) in [6.07, 6.45) is 18.0. The van der Waals surface area contributed by atoms with Crippen LogP contribution >= 0.6 is 0 Å². The van der Waals surface area contributed by atoms with E-state index in [1.807, 2.05) is 26.2 Å². The Balaban J connectivity index is 1.70. The number of allylic oxidation sites excluding steroid dienone is 5. The summed E-state index contributed by atoms with van der Waals surface area (Å²) in [7, 11) is 3.71. The van der Waals surface area contributed by atoms with Gasteiger partial charge in [0.2, 0.25) is 5.43 Å². The van der Waals surface area contributed by atoms with Crippen molar-refractivity contribution in [2.24, 2.45) is 10.1 Å². The van der Waals surface area contributed by atoms with Crippen molar-refractivity contribution >= 4 is 24.2 Å². The van der Waals surface area contributed by atoms with Gasteiger partial charge in [0.15, 0.2) is 0 Å². The molecule has 3 rings (SSSR count). The van der Waals surface area contributed by atoms with Crippen LogP contribution in [0, 0.1) is 5.41 Å². The molecule has 32 heavy (non-hydrogen) atoms. The minimum atomic E-state index is -0.0626. The lowest BCUT2D eigenvalue weighted by Crippen LogP contribution is -2.18. The molecule has 0 spiro atoms. The van der Waals surface area contributed by atoms with Gasteiger partial charge in [-0.25, -0.2) is 0 Å². The fourth-order valence-corrected chi connectivity index (χ4v) is 3.17. The molecule has 1 aliphatic rings. The van der Waals surface area contributed by atoms with Crippen LogP contribution in [0.5, 0.6) is 0 Å². The van der Waals surface area contributed by atoms with Gasteiger partial charge in [0.1, 0.15) is 5.69 Å². The van der Waals surface area contributed by atoms with Crippen molar-refractivity contribution in [1.29, 1.82) is 5.41 Å². The Bertz CT molecular complexity index is 1140. The van der Waals surface area contributed by atoms with Crippen LogP contribution in [0.25, 0.3) is 5.57 Å². The van der Waals surface area contributed by atoms with E-state index in [1.165, 1.54) is 6.21 Å². The zero-order valence-electron chi connectivity index (χ0n) is 18.3. The molecule has 1 aliphatic carbocycles. The van der Waals surface area contributed by atoms with Crippen molar-refractivity contribution in [3.63, 3.8) is 0 Å².